The standard InChI is InChI=1S/C12H9F2N3O3/c13-12(14)11-10(17(19)20)7-16(15-11)9-3-1-8(2-4-9)5-6-18/h1-4,6-7,12H,5H2. The van der Waals surface area contributed by atoms with Gasteiger partial charge in [-0.2, -0.15) is 5.10 Å². The van der Waals surface area contributed by atoms with E-state index in [1.165, 1.54) is 0 Å². The molecule has 0 saturated heterocycles. The van der Waals surface area contributed by atoms with E-state index in [1.807, 2.05) is 0 Å². The lowest BCUT2D eigenvalue weighted by Gasteiger charge is -2.01. The van der Waals surface area contributed by atoms with Crippen molar-refractivity contribution in [1.82, 2.24) is 9.78 Å². The number of carbonyl (C=O) groups excluding carboxylic acids is 1. The van der Waals surface area contributed by atoms with E-state index in [4.69, 9.17) is 0 Å². The van der Waals surface area contributed by atoms with Crippen molar-refractivity contribution in [2.75, 3.05) is 0 Å². The van der Waals surface area contributed by atoms with Crippen LogP contribution in [0.25, 0.3) is 5.69 Å². The Hall–Kier alpha value is -2.64. The number of nitro groups is 1. The fraction of sp³-hybridized carbons (Fsp3) is 0.167. The molecule has 0 bridgehead atoms. The van der Waals surface area contributed by atoms with Crippen molar-refractivity contribution in [3.63, 3.8) is 0 Å². The van der Waals surface area contributed by atoms with Crippen LogP contribution >= 0.6 is 0 Å². The molecule has 0 radical (unpaired) electrons. The Bertz CT molecular complexity index is 638. The Labute approximate surface area is 111 Å². The molecule has 2 aromatic rings. The van der Waals surface area contributed by atoms with Gasteiger partial charge in [-0.15, -0.1) is 0 Å². The van der Waals surface area contributed by atoms with Crippen LogP contribution in [0, 0.1) is 10.1 Å². The van der Waals surface area contributed by atoms with Crippen molar-refractivity contribution in [3.05, 3.63) is 51.8 Å². The number of carbonyl (C=O) groups is 1. The van der Waals surface area contributed by atoms with Gasteiger partial charge >= 0.3 is 5.69 Å². The van der Waals surface area contributed by atoms with Gasteiger partial charge in [-0.3, -0.25) is 10.1 Å². The van der Waals surface area contributed by atoms with Crippen LogP contribution in [0.4, 0.5) is 14.5 Å². The molecule has 1 aromatic heterocycles. The van der Waals surface area contributed by atoms with Crippen molar-refractivity contribution in [1.29, 1.82) is 0 Å². The predicted octanol–water partition coefficient (Wildman–Crippen LogP) is 2.46. The number of aromatic nitrogens is 2. The summed E-state index contributed by atoms with van der Waals surface area (Å²) in [5, 5.41) is 14.2. The summed E-state index contributed by atoms with van der Waals surface area (Å²) in [7, 11) is 0. The summed E-state index contributed by atoms with van der Waals surface area (Å²) in [6.45, 7) is 0. The van der Waals surface area contributed by atoms with Gasteiger partial charge in [0.05, 0.1) is 10.6 Å². The first-order valence-electron chi connectivity index (χ1n) is 5.58. The molecule has 2 rings (SSSR count). The number of hydrogen-bond acceptors (Lipinski definition) is 4. The third-order valence-electron chi connectivity index (χ3n) is 2.65. The largest absolute Gasteiger partial charge is 0.316 e. The zero-order valence-corrected chi connectivity index (χ0v) is 10.1. The highest BCUT2D eigenvalue weighted by molar-refractivity contribution is 5.55. The normalized spacial score (nSPS) is 10.8. The first kappa shape index (κ1) is 13.8. The van der Waals surface area contributed by atoms with Crippen LogP contribution in [0.15, 0.2) is 30.5 Å². The van der Waals surface area contributed by atoms with Gasteiger partial charge in [-0.1, -0.05) is 12.1 Å². The lowest BCUT2D eigenvalue weighted by atomic mass is 10.1. The monoisotopic (exact) mass is 281 g/mol. The molecule has 0 N–H and O–H groups in total. The topological polar surface area (TPSA) is 78.0 Å². The van der Waals surface area contributed by atoms with E-state index in [2.05, 4.69) is 5.10 Å². The summed E-state index contributed by atoms with van der Waals surface area (Å²) in [6, 6.07) is 6.34. The van der Waals surface area contributed by atoms with Crippen molar-refractivity contribution >= 4 is 12.0 Å². The highest BCUT2D eigenvalue weighted by atomic mass is 19.3. The number of benzene rings is 1. The van der Waals surface area contributed by atoms with E-state index in [-0.39, 0.29) is 6.42 Å². The van der Waals surface area contributed by atoms with Crippen LogP contribution in [-0.2, 0) is 11.2 Å². The molecule has 0 unspecified atom stereocenters. The molecule has 20 heavy (non-hydrogen) atoms. The third kappa shape index (κ3) is 2.68. The zero-order chi connectivity index (χ0) is 14.7. The van der Waals surface area contributed by atoms with Crippen molar-refractivity contribution in [2.45, 2.75) is 12.8 Å². The number of rotatable bonds is 5. The molecule has 1 heterocycles. The highest BCUT2D eigenvalue weighted by Crippen LogP contribution is 2.28. The van der Waals surface area contributed by atoms with Crippen molar-refractivity contribution < 1.29 is 18.5 Å². The Balaban J connectivity index is 2.39. The van der Waals surface area contributed by atoms with Crippen LogP contribution in [0.2, 0.25) is 0 Å². The van der Waals surface area contributed by atoms with E-state index < -0.39 is 22.7 Å². The van der Waals surface area contributed by atoms with Gasteiger partial charge in [0.1, 0.15) is 12.5 Å². The Morgan fingerprint density at radius 1 is 1.35 bits per heavy atom. The molecule has 0 aliphatic heterocycles. The first-order valence-corrected chi connectivity index (χ1v) is 5.58. The number of alkyl halides is 2. The van der Waals surface area contributed by atoms with Gasteiger partial charge in [0.15, 0.2) is 0 Å². The highest BCUT2D eigenvalue weighted by Gasteiger charge is 2.27. The number of hydrogen-bond donors (Lipinski definition) is 0. The molecule has 104 valence electrons. The second-order valence-electron chi connectivity index (χ2n) is 3.94. The average molecular weight is 281 g/mol. The maximum atomic E-state index is 12.7. The summed E-state index contributed by atoms with van der Waals surface area (Å²) < 4.78 is 26.3. The maximum absolute atomic E-state index is 12.7. The number of nitrogens with zero attached hydrogens (tertiary/aromatic N) is 3. The molecule has 0 atom stereocenters. The molecule has 8 heteroatoms. The minimum Gasteiger partial charge on any atom is -0.303 e. The van der Waals surface area contributed by atoms with Gasteiger partial charge in [-0.05, 0) is 17.7 Å². The molecule has 0 aliphatic carbocycles. The summed E-state index contributed by atoms with van der Waals surface area (Å²) in [6.07, 6.45) is -1.10. The first-order chi connectivity index (χ1) is 9.52. The Morgan fingerprint density at radius 2 is 2.00 bits per heavy atom. The van der Waals surface area contributed by atoms with Crippen LogP contribution in [-0.4, -0.2) is 21.0 Å². The summed E-state index contributed by atoms with van der Waals surface area (Å²) in [5.74, 6) is 0. The molecular formula is C12H9F2N3O3. The molecule has 6 nitrogen and oxygen atoms in total. The second kappa shape index (κ2) is 5.55. The predicted molar refractivity (Wildman–Crippen MR) is 64.9 cm³/mol. The van der Waals surface area contributed by atoms with E-state index in [1.54, 1.807) is 24.3 Å². The van der Waals surface area contributed by atoms with Gasteiger partial charge < -0.3 is 4.79 Å². The smallest absolute Gasteiger partial charge is 0.303 e. The minimum atomic E-state index is -3.02. The molecule has 0 saturated carbocycles. The molecule has 0 spiro atoms. The number of aldehydes is 1. The average Bonchev–Trinajstić information content (AvgIpc) is 2.85. The molecule has 0 fully saturated rings. The van der Waals surface area contributed by atoms with E-state index in [0.717, 1.165) is 22.7 Å². The summed E-state index contributed by atoms with van der Waals surface area (Å²) in [5.41, 5.74) is -0.446. The van der Waals surface area contributed by atoms with Crippen LogP contribution in [0.1, 0.15) is 17.7 Å². The number of halogens is 2. The van der Waals surface area contributed by atoms with E-state index in [0.29, 0.717) is 5.69 Å². The van der Waals surface area contributed by atoms with Gasteiger partial charge in [0.2, 0.25) is 5.69 Å². The zero-order valence-electron chi connectivity index (χ0n) is 10.1. The van der Waals surface area contributed by atoms with Gasteiger partial charge in [-0.25, -0.2) is 13.5 Å². The summed E-state index contributed by atoms with van der Waals surface area (Å²) in [4.78, 5) is 20.1. The quantitative estimate of drug-likeness (QED) is 0.479. The van der Waals surface area contributed by atoms with Crippen molar-refractivity contribution in [3.8, 4) is 5.69 Å². The van der Waals surface area contributed by atoms with Crippen molar-refractivity contribution in [2.24, 2.45) is 0 Å². The van der Waals surface area contributed by atoms with E-state index in [9.17, 15) is 23.7 Å². The Kier molecular flexibility index (Phi) is 3.83. The second-order valence-corrected chi connectivity index (χ2v) is 3.94. The Morgan fingerprint density at radius 3 is 2.45 bits per heavy atom. The van der Waals surface area contributed by atoms with Gasteiger partial charge in [0, 0.05) is 6.42 Å². The minimum absolute atomic E-state index is 0.238. The summed E-state index contributed by atoms with van der Waals surface area (Å²) >= 11 is 0. The SMILES string of the molecule is O=CCc1ccc(-n2cc([N+](=O)[O-])c(C(F)F)n2)cc1. The molecule has 0 aliphatic rings. The molecule has 0 amide bonds. The van der Waals surface area contributed by atoms with E-state index >= 15 is 0 Å². The lowest BCUT2D eigenvalue weighted by molar-refractivity contribution is -0.386. The fourth-order valence-electron chi connectivity index (χ4n) is 1.69. The van der Waals surface area contributed by atoms with Crippen LogP contribution < -0.4 is 0 Å². The van der Waals surface area contributed by atoms with Crippen LogP contribution in [0.5, 0.6) is 0 Å². The molecular weight excluding hydrogens is 272 g/mol. The van der Waals surface area contributed by atoms with Crippen LogP contribution in [0.3, 0.4) is 0 Å². The molecule has 1 aromatic carbocycles. The lowest BCUT2D eigenvalue weighted by Crippen LogP contribution is -1.97. The fourth-order valence-corrected chi connectivity index (χ4v) is 1.69. The van der Waals surface area contributed by atoms with Gasteiger partial charge in [0.25, 0.3) is 6.43 Å². The third-order valence-corrected chi connectivity index (χ3v) is 2.65. The maximum Gasteiger partial charge on any atom is 0.316 e.